The molecule has 1 saturated carbocycles. The number of carbonyl (C=O) groups is 1. The van der Waals surface area contributed by atoms with E-state index < -0.39 is 21.7 Å². The Labute approximate surface area is 159 Å². The fourth-order valence-corrected chi connectivity index (χ4v) is 5.75. The van der Waals surface area contributed by atoms with E-state index in [1.54, 1.807) is 0 Å². The molecule has 2 aromatic carbocycles. The van der Waals surface area contributed by atoms with Crippen LogP contribution in [0, 0.1) is 6.92 Å². The number of hydrogen-bond acceptors (Lipinski definition) is 2. The van der Waals surface area contributed by atoms with Crippen LogP contribution in [-0.2, 0) is 0 Å². The van der Waals surface area contributed by atoms with Crippen molar-refractivity contribution >= 4 is 30.4 Å². The normalized spacial score (nSPS) is 14.0. The zero-order valence-corrected chi connectivity index (χ0v) is 16.7. The average molecular weight is 405 g/mol. The van der Waals surface area contributed by atoms with Gasteiger partial charge in [0.2, 0.25) is 0 Å². The van der Waals surface area contributed by atoms with E-state index in [0.29, 0.717) is 11.5 Å². The second-order valence-corrected chi connectivity index (χ2v) is 9.63. The molecule has 1 aliphatic carbocycles. The molecule has 3 aromatic rings. The molecule has 0 aliphatic heterocycles. The Balaban J connectivity index is 1.63. The van der Waals surface area contributed by atoms with Crippen molar-refractivity contribution in [2.75, 3.05) is 0 Å². The Morgan fingerprint density at radius 1 is 1.12 bits per heavy atom. The van der Waals surface area contributed by atoms with Gasteiger partial charge in [-0.2, -0.15) is 0 Å². The summed E-state index contributed by atoms with van der Waals surface area (Å²) in [6.07, 6.45) is 4.27. The number of pyridine rings is 1. The molecule has 1 N–H and O–H groups in total. The van der Waals surface area contributed by atoms with E-state index in [-0.39, 0.29) is 0 Å². The summed E-state index contributed by atoms with van der Waals surface area (Å²) in [5, 5.41) is 9.62. The molecule has 1 aromatic heterocycles. The van der Waals surface area contributed by atoms with Crippen LogP contribution >= 0.6 is 0 Å². The summed E-state index contributed by atoms with van der Waals surface area (Å²) in [5.41, 5.74) is 4.87. The van der Waals surface area contributed by atoms with Crippen LogP contribution in [0.5, 0.6) is 0 Å². The molecular formula is C22H20AsNO2. The molecule has 1 fully saturated rings. The molecule has 1 unspecified atom stereocenters. The third-order valence-electron chi connectivity index (χ3n) is 4.73. The van der Waals surface area contributed by atoms with Crippen LogP contribution in [-0.4, -0.2) is 31.8 Å². The zero-order chi connectivity index (χ0) is 18.1. The van der Waals surface area contributed by atoms with Crippen molar-refractivity contribution in [1.29, 1.82) is 0 Å². The number of aromatic carboxylic acids is 1. The van der Waals surface area contributed by atoms with Crippen molar-refractivity contribution < 1.29 is 9.90 Å². The maximum atomic E-state index is 11.7. The molecule has 4 heteroatoms. The Bertz CT molecular complexity index is 965. The standard InChI is InChI=1S/C22H20AsNO2/c1-14-11-18(13-24-21(14)16-5-3-2-4-6-16)23-20-10-9-17(15-7-8-15)12-19(20)22(25)26/h2-6,9-13,15,23H,7-8H2,1H3,(H,25,26). The van der Waals surface area contributed by atoms with E-state index in [4.69, 9.17) is 0 Å². The molecule has 0 radical (unpaired) electrons. The first kappa shape index (κ1) is 17.1. The van der Waals surface area contributed by atoms with Crippen molar-refractivity contribution in [3.63, 3.8) is 0 Å². The van der Waals surface area contributed by atoms with Crippen LogP contribution in [0.1, 0.15) is 40.2 Å². The van der Waals surface area contributed by atoms with Gasteiger partial charge in [-0.1, -0.05) is 0 Å². The number of carboxylic acid groups (broad SMARTS) is 1. The molecule has 0 bridgehead atoms. The SMILES string of the molecule is Cc1cc([AsH]c2ccc(C3CC3)cc2C(=O)O)cnc1-c1ccccc1. The number of hydrogen-bond donors (Lipinski definition) is 1. The minimum absolute atomic E-state index is 0.471. The van der Waals surface area contributed by atoms with Gasteiger partial charge < -0.3 is 0 Å². The summed E-state index contributed by atoms with van der Waals surface area (Å²) in [7, 11) is 0. The monoisotopic (exact) mass is 405 g/mol. The Kier molecular flexibility index (Phi) is 4.65. The zero-order valence-electron chi connectivity index (χ0n) is 14.6. The van der Waals surface area contributed by atoms with Gasteiger partial charge in [-0.3, -0.25) is 0 Å². The summed E-state index contributed by atoms with van der Waals surface area (Å²) < 4.78 is 2.12. The van der Waals surface area contributed by atoms with Crippen molar-refractivity contribution in [2.45, 2.75) is 25.7 Å². The third-order valence-corrected chi connectivity index (χ3v) is 7.39. The van der Waals surface area contributed by atoms with Crippen LogP contribution < -0.4 is 8.70 Å². The molecule has 0 spiro atoms. The van der Waals surface area contributed by atoms with Gasteiger partial charge in [0, 0.05) is 0 Å². The molecule has 4 rings (SSSR count). The van der Waals surface area contributed by atoms with E-state index in [9.17, 15) is 9.90 Å². The van der Waals surface area contributed by atoms with Gasteiger partial charge in [-0.05, 0) is 0 Å². The number of rotatable bonds is 5. The maximum absolute atomic E-state index is 11.7. The van der Waals surface area contributed by atoms with E-state index >= 15 is 0 Å². The van der Waals surface area contributed by atoms with Crippen LogP contribution in [0.2, 0.25) is 0 Å². The molecule has 3 nitrogen and oxygen atoms in total. The fourth-order valence-electron chi connectivity index (χ4n) is 3.22. The van der Waals surface area contributed by atoms with Crippen molar-refractivity contribution in [3.8, 4) is 11.3 Å². The molecule has 1 aliphatic rings. The summed E-state index contributed by atoms with van der Waals surface area (Å²) >= 11 is -0.740. The molecule has 1 atom stereocenters. The van der Waals surface area contributed by atoms with Crippen molar-refractivity contribution in [1.82, 2.24) is 4.98 Å². The average Bonchev–Trinajstić information content (AvgIpc) is 3.48. The summed E-state index contributed by atoms with van der Waals surface area (Å²) in [5.74, 6) is -0.256. The van der Waals surface area contributed by atoms with Gasteiger partial charge in [0.05, 0.1) is 0 Å². The quantitative estimate of drug-likeness (QED) is 0.664. The predicted molar refractivity (Wildman–Crippen MR) is 106 cm³/mol. The number of benzene rings is 2. The van der Waals surface area contributed by atoms with Crippen LogP contribution in [0.3, 0.4) is 0 Å². The van der Waals surface area contributed by atoms with Crippen LogP contribution in [0.4, 0.5) is 0 Å². The molecule has 0 amide bonds. The Morgan fingerprint density at radius 3 is 2.54 bits per heavy atom. The molecule has 26 heavy (non-hydrogen) atoms. The van der Waals surface area contributed by atoms with E-state index in [1.165, 1.54) is 18.4 Å². The van der Waals surface area contributed by atoms with Gasteiger partial charge in [0.25, 0.3) is 0 Å². The Hall–Kier alpha value is -2.38. The first-order valence-electron chi connectivity index (χ1n) is 8.78. The van der Waals surface area contributed by atoms with Gasteiger partial charge in [-0.25, -0.2) is 0 Å². The van der Waals surface area contributed by atoms with E-state index in [0.717, 1.165) is 25.5 Å². The summed E-state index contributed by atoms with van der Waals surface area (Å²) in [6.45, 7) is 2.07. The molecule has 0 saturated heterocycles. The minimum atomic E-state index is -0.822. The summed E-state index contributed by atoms with van der Waals surface area (Å²) in [6, 6.07) is 18.3. The third kappa shape index (κ3) is 3.59. The second-order valence-electron chi connectivity index (χ2n) is 6.76. The fraction of sp³-hybridized carbons (Fsp3) is 0.182. The first-order chi connectivity index (χ1) is 12.6. The first-order valence-corrected chi connectivity index (χ1v) is 10.9. The predicted octanol–water partition coefficient (Wildman–Crippen LogP) is 3.02. The van der Waals surface area contributed by atoms with Crippen molar-refractivity contribution in [2.24, 2.45) is 0 Å². The molecular weight excluding hydrogens is 385 g/mol. The van der Waals surface area contributed by atoms with Crippen LogP contribution in [0.25, 0.3) is 11.3 Å². The summed E-state index contributed by atoms with van der Waals surface area (Å²) in [4.78, 5) is 16.4. The number of nitrogens with zero attached hydrogens (tertiary/aromatic N) is 1. The number of carboxylic acids is 1. The number of aromatic nitrogens is 1. The Morgan fingerprint density at radius 2 is 1.88 bits per heavy atom. The second kappa shape index (κ2) is 7.09. The van der Waals surface area contributed by atoms with Gasteiger partial charge in [0.15, 0.2) is 0 Å². The van der Waals surface area contributed by atoms with Crippen molar-refractivity contribution in [3.05, 3.63) is 77.5 Å². The number of aryl methyl sites for hydroxylation is 1. The molecule has 130 valence electrons. The van der Waals surface area contributed by atoms with E-state index in [2.05, 4.69) is 36.2 Å². The van der Waals surface area contributed by atoms with Gasteiger partial charge in [-0.15, -0.1) is 0 Å². The van der Waals surface area contributed by atoms with Gasteiger partial charge >= 0.3 is 160 Å². The van der Waals surface area contributed by atoms with Gasteiger partial charge in [0.1, 0.15) is 0 Å². The topological polar surface area (TPSA) is 50.2 Å². The van der Waals surface area contributed by atoms with Crippen LogP contribution in [0.15, 0.2) is 60.8 Å². The van der Waals surface area contributed by atoms with E-state index in [1.807, 2.05) is 36.5 Å². The molecule has 1 heterocycles.